The van der Waals surface area contributed by atoms with Gasteiger partial charge in [-0.05, 0) is 31.9 Å². The predicted octanol–water partition coefficient (Wildman–Crippen LogP) is 2.07. The minimum absolute atomic E-state index is 0.261. The summed E-state index contributed by atoms with van der Waals surface area (Å²) in [7, 11) is 0. The van der Waals surface area contributed by atoms with Crippen LogP contribution >= 0.6 is 0 Å². The molecule has 2 aromatic rings. The van der Waals surface area contributed by atoms with Gasteiger partial charge < -0.3 is 10.1 Å². The summed E-state index contributed by atoms with van der Waals surface area (Å²) < 4.78 is 0. The van der Waals surface area contributed by atoms with E-state index in [0.29, 0.717) is 5.82 Å². The molecule has 17 heavy (non-hydrogen) atoms. The molecule has 2 rings (SSSR count). The first-order chi connectivity index (χ1) is 7.97. The Kier molecular flexibility index (Phi) is 2.71. The zero-order valence-electron chi connectivity index (χ0n) is 10.0. The van der Waals surface area contributed by atoms with Gasteiger partial charge in [0.1, 0.15) is 5.82 Å². The molecular formula is C13H14N2O2. The normalized spacial score (nSPS) is 10.5. The highest BCUT2D eigenvalue weighted by molar-refractivity contribution is 5.65. The zero-order valence-corrected chi connectivity index (χ0v) is 10.0. The number of hydrogen-bond donors (Lipinski definition) is 2. The fraction of sp³-hybridized carbons (Fsp3) is 0.231. The van der Waals surface area contributed by atoms with Gasteiger partial charge in [-0.1, -0.05) is 17.7 Å². The van der Waals surface area contributed by atoms with E-state index < -0.39 is 0 Å². The van der Waals surface area contributed by atoms with E-state index >= 15 is 0 Å². The van der Waals surface area contributed by atoms with Gasteiger partial charge in [0.15, 0.2) is 0 Å². The molecule has 2 N–H and O–H groups in total. The standard InChI is InChI=1S/C13H14N2O2/c1-7-4-8(2)12(9(3)5-7)13-14-10(16)6-11(17)15-13/h4-6H,1-3H3,(H2,14,15,16,17). The molecule has 1 aromatic heterocycles. The molecule has 0 bridgehead atoms. The van der Waals surface area contributed by atoms with E-state index in [9.17, 15) is 9.90 Å². The van der Waals surface area contributed by atoms with Crippen molar-refractivity contribution in [3.05, 3.63) is 45.2 Å². The third-order valence-corrected chi connectivity index (χ3v) is 2.64. The van der Waals surface area contributed by atoms with Crippen LogP contribution in [0.4, 0.5) is 0 Å². The van der Waals surface area contributed by atoms with Gasteiger partial charge in [0, 0.05) is 5.56 Å². The minimum atomic E-state index is -0.355. The van der Waals surface area contributed by atoms with Crippen LogP contribution in [0.25, 0.3) is 11.4 Å². The van der Waals surface area contributed by atoms with Crippen molar-refractivity contribution in [2.24, 2.45) is 0 Å². The smallest absolute Gasteiger partial charge is 0.254 e. The van der Waals surface area contributed by atoms with Gasteiger partial charge in [0.05, 0.1) is 6.07 Å². The monoisotopic (exact) mass is 230 g/mol. The second-order valence-electron chi connectivity index (χ2n) is 4.23. The lowest BCUT2D eigenvalue weighted by Gasteiger charge is -2.10. The summed E-state index contributed by atoms with van der Waals surface area (Å²) in [4.78, 5) is 17.9. The molecule has 0 amide bonds. The molecule has 0 spiro atoms. The molecular weight excluding hydrogens is 216 g/mol. The van der Waals surface area contributed by atoms with Crippen LogP contribution in [-0.2, 0) is 0 Å². The Bertz CT molecular complexity index is 607. The minimum Gasteiger partial charge on any atom is -0.493 e. The van der Waals surface area contributed by atoms with Crippen LogP contribution in [0.3, 0.4) is 0 Å². The van der Waals surface area contributed by atoms with E-state index in [1.54, 1.807) is 0 Å². The molecule has 0 aliphatic heterocycles. The van der Waals surface area contributed by atoms with Crippen LogP contribution < -0.4 is 5.56 Å². The molecule has 0 aliphatic rings. The van der Waals surface area contributed by atoms with Crippen LogP contribution in [0, 0.1) is 20.8 Å². The Morgan fingerprint density at radius 1 is 1.12 bits per heavy atom. The molecule has 0 saturated heterocycles. The van der Waals surface area contributed by atoms with E-state index in [1.165, 1.54) is 0 Å². The van der Waals surface area contributed by atoms with Gasteiger partial charge in [-0.3, -0.25) is 4.79 Å². The van der Waals surface area contributed by atoms with Crippen LogP contribution in [-0.4, -0.2) is 15.1 Å². The first kappa shape index (κ1) is 11.4. The summed E-state index contributed by atoms with van der Waals surface area (Å²) in [5, 5.41) is 9.36. The van der Waals surface area contributed by atoms with Gasteiger partial charge in [0.2, 0.25) is 5.88 Å². The summed E-state index contributed by atoms with van der Waals surface area (Å²) >= 11 is 0. The molecule has 4 heteroatoms. The van der Waals surface area contributed by atoms with E-state index in [1.807, 2.05) is 32.9 Å². The number of aromatic hydroxyl groups is 1. The summed E-state index contributed by atoms with van der Waals surface area (Å²) in [6, 6.07) is 5.10. The van der Waals surface area contributed by atoms with Crippen molar-refractivity contribution in [2.75, 3.05) is 0 Å². The van der Waals surface area contributed by atoms with E-state index in [0.717, 1.165) is 28.3 Å². The van der Waals surface area contributed by atoms with Gasteiger partial charge >= 0.3 is 0 Å². The maximum Gasteiger partial charge on any atom is 0.254 e. The lowest BCUT2D eigenvalue weighted by Crippen LogP contribution is -2.08. The van der Waals surface area contributed by atoms with E-state index in [-0.39, 0.29) is 11.4 Å². The van der Waals surface area contributed by atoms with Gasteiger partial charge in [-0.2, -0.15) is 4.98 Å². The van der Waals surface area contributed by atoms with Crippen molar-refractivity contribution < 1.29 is 5.11 Å². The summed E-state index contributed by atoms with van der Waals surface area (Å²) in [6.07, 6.45) is 0. The second kappa shape index (κ2) is 4.05. The maximum atomic E-state index is 11.3. The van der Waals surface area contributed by atoms with Crippen molar-refractivity contribution in [1.82, 2.24) is 9.97 Å². The van der Waals surface area contributed by atoms with Gasteiger partial charge in [-0.25, -0.2) is 0 Å². The Hall–Kier alpha value is -2.10. The molecule has 4 nitrogen and oxygen atoms in total. The number of hydrogen-bond acceptors (Lipinski definition) is 3. The van der Waals surface area contributed by atoms with Crippen molar-refractivity contribution in [3.63, 3.8) is 0 Å². The van der Waals surface area contributed by atoms with Crippen molar-refractivity contribution in [1.29, 1.82) is 0 Å². The molecule has 0 unspecified atom stereocenters. The first-order valence-corrected chi connectivity index (χ1v) is 5.36. The highest BCUT2D eigenvalue weighted by atomic mass is 16.3. The molecule has 0 atom stereocenters. The SMILES string of the molecule is Cc1cc(C)c(-c2nc(O)cc(=O)[nH]2)c(C)c1. The largest absolute Gasteiger partial charge is 0.493 e. The average molecular weight is 230 g/mol. The first-order valence-electron chi connectivity index (χ1n) is 5.36. The highest BCUT2D eigenvalue weighted by Crippen LogP contribution is 2.25. The second-order valence-corrected chi connectivity index (χ2v) is 4.23. The Balaban J connectivity index is 2.72. The van der Waals surface area contributed by atoms with Crippen LogP contribution in [0.1, 0.15) is 16.7 Å². The number of nitrogens with zero attached hydrogens (tertiary/aromatic N) is 1. The van der Waals surface area contributed by atoms with Crippen molar-refractivity contribution in [2.45, 2.75) is 20.8 Å². The number of aromatic nitrogens is 2. The highest BCUT2D eigenvalue weighted by Gasteiger charge is 2.10. The third-order valence-electron chi connectivity index (χ3n) is 2.64. The summed E-state index contributed by atoms with van der Waals surface area (Å²) in [5.41, 5.74) is 3.72. The molecule has 1 heterocycles. The third kappa shape index (κ3) is 2.20. The maximum absolute atomic E-state index is 11.3. The Morgan fingerprint density at radius 3 is 2.24 bits per heavy atom. The van der Waals surface area contributed by atoms with Crippen LogP contribution in [0.15, 0.2) is 23.0 Å². The molecule has 0 aliphatic carbocycles. The number of benzene rings is 1. The van der Waals surface area contributed by atoms with E-state index in [2.05, 4.69) is 9.97 Å². The van der Waals surface area contributed by atoms with Crippen molar-refractivity contribution >= 4 is 0 Å². The van der Waals surface area contributed by atoms with E-state index in [4.69, 9.17) is 0 Å². The Morgan fingerprint density at radius 2 is 1.71 bits per heavy atom. The lowest BCUT2D eigenvalue weighted by atomic mass is 9.99. The number of rotatable bonds is 1. The number of nitrogens with one attached hydrogen (secondary N) is 1. The summed E-state index contributed by atoms with van der Waals surface area (Å²) in [5.74, 6) is 0.146. The number of H-pyrrole nitrogens is 1. The summed E-state index contributed by atoms with van der Waals surface area (Å²) in [6.45, 7) is 5.93. The van der Waals surface area contributed by atoms with Gasteiger partial charge in [0.25, 0.3) is 5.56 Å². The predicted molar refractivity (Wildman–Crippen MR) is 66.2 cm³/mol. The topological polar surface area (TPSA) is 66.0 Å². The molecule has 88 valence electrons. The molecule has 0 saturated carbocycles. The average Bonchev–Trinajstić information content (AvgIpc) is 2.13. The zero-order chi connectivity index (χ0) is 12.6. The fourth-order valence-electron chi connectivity index (χ4n) is 2.12. The van der Waals surface area contributed by atoms with Crippen LogP contribution in [0.2, 0.25) is 0 Å². The number of aryl methyl sites for hydroxylation is 3. The molecule has 1 aromatic carbocycles. The number of aromatic amines is 1. The fourth-order valence-corrected chi connectivity index (χ4v) is 2.12. The quantitative estimate of drug-likeness (QED) is 0.788. The van der Waals surface area contributed by atoms with Gasteiger partial charge in [-0.15, -0.1) is 0 Å². The van der Waals surface area contributed by atoms with Crippen LogP contribution in [0.5, 0.6) is 5.88 Å². The molecule has 0 fully saturated rings. The molecule has 0 radical (unpaired) electrons. The Labute approximate surface area is 99.0 Å². The lowest BCUT2D eigenvalue weighted by molar-refractivity contribution is 0.452. The van der Waals surface area contributed by atoms with Crippen molar-refractivity contribution in [3.8, 4) is 17.3 Å².